The summed E-state index contributed by atoms with van der Waals surface area (Å²) in [7, 11) is 0. The Bertz CT molecular complexity index is 685. The van der Waals surface area contributed by atoms with Gasteiger partial charge in [-0.2, -0.15) is 5.26 Å². The molecule has 1 aromatic carbocycles. The number of hydrogen-bond acceptors (Lipinski definition) is 3. The molecule has 1 heterocycles. The Hall–Kier alpha value is -2.28. The van der Waals surface area contributed by atoms with Crippen LogP contribution in [0, 0.1) is 17.2 Å². The number of rotatable bonds is 4. The van der Waals surface area contributed by atoms with Crippen LogP contribution < -0.4 is 5.73 Å². The summed E-state index contributed by atoms with van der Waals surface area (Å²) >= 11 is 0. The molecule has 0 saturated heterocycles. The van der Waals surface area contributed by atoms with Crippen molar-refractivity contribution in [3.63, 3.8) is 0 Å². The van der Waals surface area contributed by atoms with E-state index < -0.39 is 0 Å². The van der Waals surface area contributed by atoms with Gasteiger partial charge in [0.05, 0.1) is 11.6 Å². The van der Waals surface area contributed by atoms with E-state index in [1.54, 1.807) is 0 Å². The second-order valence-corrected chi connectivity index (χ2v) is 6.17. The van der Waals surface area contributed by atoms with Gasteiger partial charge in [0.15, 0.2) is 0 Å². The van der Waals surface area contributed by atoms with Gasteiger partial charge in [0.1, 0.15) is 17.3 Å². The van der Waals surface area contributed by atoms with E-state index in [4.69, 9.17) is 16.0 Å². The molecular weight excluding hydrogens is 260 g/mol. The molecule has 0 spiro atoms. The zero-order chi connectivity index (χ0) is 15.0. The third-order valence-corrected chi connectivity index (χ3v) is 3.81. The monoisotopic (exact) mass is 280 g/mol. The van der Waals surface area contributed by atoms with Gasteiger partial charge in [-0.05, 0) is 30.9 Å². The van der Waals surface area contributed by atoms with Gasteiger partial charge in [0, 0.05) is 18.0 Å². The zero-order valence-electron chi connectivity index (χ0n) is 12.5. The highest BCUT2D eigenvalue weighted by Crippen LogP contribution is 2.42. The molecule has 108 valence electrons. The summed E-state index contributed by atoms with van der Waals surface area (Å²) in [6.45, 7) is 5.29. The Morgan fingerprint density at radius 1 is 1.33 bits per heavy atom. The SMILES string of the molecule is CC(C)Cn1c(C2CC2)nc(-c2ccc(C#N)cc2)c1N. The lowest BCUT2D eigenvalue weighted by Gasteiger charge is -2.11. The first-order valence-electron chi connectivity index (χ1n) is 7.46. The number of hydrogen-bond donors (Lipinski definition) is 1. The first kappa shape index (κ1) is 13.7. The van der Waals surface area contributed by atoms with E-state index in [0.29, 0.717) is 17.4 Å². The van der Waals surface area contributed by atoms with Crippen molar-refractivity contribution in [1.29, 1.82) is 5.26 Å². The lowest BCUT2D eigenvalue weighted by molar-refractivity contribution is 0.512. The second kappa shape index (κ2) is 5.25. The van der Waals surface area contributed by atoms with Gasteiger partial charge >= 0.3 is 0 Å². The zero-order valence-corrected chi connectivity index (χ0v) is 12.5. The standard InChI is InChI=1S/C17H20N4/c1-11(2)10-21-16(19)15(20-17(21)14-7-8-14)13-5-3-12(9-18)4-6-13/h3-6,11,14H,7-8,10,19H2,1-2H3. The van der Waals surface area contributed by atoms with E-state index in [0.717, 1.165) is 29.4 Å². The molecule has 3 rings (SSSR count). The van der Waals surface area contributed by atoms with E-state index in [2.05, 4.69) is 24.5 Å². The molecule has 4 nitrogen and oxygen atoms in total. The molecule has 21 heavy (non-hydrogen) atoms. The maximum atomic E-state index is 8.89. The van der Waals surface area contributed by atoms with Gasteiger partial charge in [-0.25, -0.2) is 4.98 Å². The van der Waals surface area contributed by atoms with Gasteiger partial charge in [-0.3, -0.25) is 0 Å². The largest absolute Gasteiger partial charge is 0.383 e. The van der Waals surface area contributed by atoms with Gasteiger partial charge in [-0.1, -0.05) is 26.0 Å². The highest BCUT2D eigenvalue weighted by atomic mass is 15.2. The molecule has 1 aliphatic carbocycles. The third-order valence-electron chi connectivity index (χ3n) is 3.81. The predicted molar refractivity (Wildman–Crippen MR) is 83.6 cm³/mol. The molecule has 1 aromatic heterocycles. The molecule has 2 aromatic rings. The van der Waals surface area contributed by atoms with Crippen LogP contribution in [0.1, 0.15) is 44.0 Å². The molecule has 1 saturated carbocycles. The normalized spacial score (nSPS) is 14.4. The van der Waals surface area contributed by atoms with Gasteiger partial charge in [-0.15, -0.1) is 0 Å². The van der Waals surface area contributed by atoms with Crippen LogP contribution in [-0.2, 0) is 6.54 Å². The lowest BCUT2D eigenvalue weighted by atomic mass is 10.1. The number of aromatic nitrogens is 2. The topological polar surface area (TPSA) is 67.6 Å². The number of benzene rings is 1. The molecule has 1 fully saturated rings. The van der Waals surface area contributed by atoms with Crippen LogP contribution in [0.2, 0.25) is 0 Å². The summed E-state index contributed by atoms with van der Waals surface area (Å²) in [4.78, 5) is 4.81. The van der Waals surface area contributed by atoms with Crippen LogP contribution in [0.25, 0.3) is 11.3 Å². The molecule has 4 heteroatoms. The van der Waals surface area contributed by atoms with Gasteiger partial charge in [0.2, 0.25) is 0 Å². The molecular formula is C17H20N4. The van der Waals surface area contributed by atoms with Crippen LogP contribution in [-0.4, -0.2) is 9.55 Å². The second-order valence-electron chi connectivity index (χ2n) is 6.17. The number of imidazole rings is 1. The number of nitriles is 1. The number of anilines is 1. The maximum Gasteiger partial charge on any atom is 0.131 e. The number of nitrogens with zero attached hydrogens (tertiary/aromatic N) is 3. The summed E-state index contributed by atoms with van der Waals surface area (Å²) in [5, 5.41) is 8.89. The molecule has 0 atom stereocenters. The smallest absolute Gasteiger partial charge is 0.131 e. The summed E-state index contributed by atoms with van der Waals surface area (Å²) in [5.41, 5.74) is 8.84. The minimum Gasteiger partial charge on any atom is -0.383 e. The van der Waals surface area contributed by atoms with E-state index in [9.17, 15) is 0 Å². The predicted octanol–water partition coefficient (Wildman–Crippen LogP) is 3.54. The van der Waals surface area contributed by atoms with E-state index in [1.165, 1.54) is 12.8 Å². The van der Waals surface area contributed by atoms with Crippen molar-refractivity contribution >= 4 is 5.82 Å². The molecule has 2 N–H and O–H groups in total. The Kier molecular flexibility index (Phi) is 3.42. The van der Waals surface area contributed by atoms with Crippen molar-refractivity contribution < 1.29 is 0 Å². The summed E-state index contributed by atoms with van der Waals surface area (Å²) < 4.78 is 2.18. The van der Waals surface area contributed by atoms with Crippen LogP contribution in [0.5, 0.6) is 0 Å². The van der Waals surface area contributed by atoms with Crippen molar-refractivity contribution in [1.82, 2.24) is 9.55 Å². The number of nitrogen functional groups attached to an aromatic ring is 1. The Labute approximate surface area is 125 Å². The van der Waals surface area contributed by atoms with Crippen molar-refractivity contribution in [2.75, 3.05) is 5.73 Å². The van der Waals surface area contributed by atoms with Gasteiger partial charge < -0.3 is 10.3 Å². The average molecular weight is 280 g/mol. The molecule has 0 unspecified atom stereocenters. The fourth-order valence-corrected chi connectivity index (χ4v) is 2.61. The molecule has 0 amide bonds. The summed E-state index contributed by atoms with van der Waals surface area (Å²) in [5.74, 6) is 2.97. The van der Waals surface area contributed by atoms with E-state index in [-0.39, 0.29) is 0 Å². The Balaban J connectivity index is 2.03. The van der Waals surface area contributed by atoms with E-state index >= 15 is 0 Å². The van der Waals surface area contributed by atoms with Crippen molar-refractivity contribution in [2.24, 2.45) is 5.92 Å². The average Bonchev–Trinajstić information content (AvgIpc) is 3.26. The fourth-order valence-electron chi connectivity index (χ4n) is 2.61. The lowest BCUT2D eigenvalue weighted by Crippen LogP contribution is -2.10. The van der Waals surface area contributed by atoms with Crippen molar-refractivity contribution in [3.8, 4) is 17.3 Å². The minimum atomic E-state index is 0.535. The molecule has 0 bridgehead atoms. The fraction of sp³-hybridized carbons (Fsp3) is 0.412. The molecule has 0 radical (unpaired) electrons. The number of nitrogens with two attached hydrogens (primary N) is 1. The van der Waals surface area contributed by atoms with Crippen molar-refractivity contribution in [3.05, 3.63) is 35.7 Å². The summed E-state index contributed by atoms with van der Waals surface area (Å²) in [6, 6.07) is 9.61. The molecule has 1 aliphatic rings. The quantitative estimate of drug-likeness (QED) is 0.931. The van der Waals surface area contributed by atoms with Crippen LogP contribution in [0.3, 0.4) is 0 Å². The first-order valence-corrected chi connectivity index (χ1v) is 7.46. The Morgan fingerprint density at radius 2 is 2.00 bits per heavy atom. The van der Waals surface area contributed by atoms with Crippen molar-refractivity contribution in [2.45, 2.75) is 39.2 Å². The highest BCUT2D eigenvalue weighted by Gasteiger charge is 2.31. The van der Waals surface area contributed by atoms with Gasteiger partial charge in [0.25, 0.3) is 0 Å². The first-order chi connectivity index (χ1) is 10.1. The maximum absolute atomic E-state index is 8.89. The van der Waals surface area contributed by atoms with Crippen LogP contribution >= 0.6 is 0 Å². The highest BCUT2D eigenvalue weighted by molar-refractivity contribution is 5.71. The summed E-state index contributed by atoms with van der Waals surface area (Å²) in [6.07, 6.45) is 2.42. The molecule has 0 aliphatic heterocycles. The van der Waals surface area contributed by atoms with Crippen LogP contribution in [0.15, 0.2) is 24.3 Å². The van der Waals surface area contributed by atoms with E-state index in [1.807, 2.05) is 24.3 Å². The Morgan fingerprint density at radius 3 is 2.52 bits per heavy atom. The minimum absolute atomic E-state index is 0.535. The van der Waals surface area contributed by atoms with Crippen LogP contribution in [0.4, 0.5) is 5.82 Å². The third kappa shape index (κ3) is 2.64.